The van der Waals surface area contributed by atoms with E-state index in [1.54, 1.807) is 4.90 Å². The van der Waals surface area contributed by atoms with Gasteiger partial charge in [-0.25, -0.2) is 0 Å². The topological polar surface area (TPSA) is 70.1 Å². The van der Waals surface area contributed by atoms with Crippen molar-refractivity contribution in [1.29, 1.82) is 0 Å². The highest BCUT2D eigenvalue weighted by molar-refractivity contribution is 8.14. The standard InChI is InChI=1S/C20H21N3O3S/c24-17(13-23-18(25)15-8-4-5-9-16(15)19(23)26)22-10-11-27-20(22)21-12-14-6-2-1-3-7-14/h1-7,15-16H,8-13H2. The van der Waals surface area contributed by atoms with Gasteiger partial charge in [-0.3, -0.25) is 29.2 Å². The third-order valence-electron chi connectivity index (χ3n) is 5.21. The zero-order valence-electron chi connectivity index (χ0n) is 14.9. The minimum absolute atomic E-state index is 0.185. The van der Waals surface area contributed by atoms with Gasteiger partial charge in [0.25, 0.3) is 0 Å². The molecule has 6 nitrogen and oxygen atoms in total. The third-order valence-corrected chi connectivity index (χ3v) is 6.20. The molecular formula is C20H21N3O3S. The van der Waals surface area contributed by atoms with E-state index in [1.165, 1.54) is 11.8 Å². The largest absolute Gasteiger partial charge is 0.289 e. The second-order valence-corrected chi connectivity index (χ2v) is 7.96. The fourth-order valence-electron chi connectivity index (χ4n) is 3.75. The quantitative estimate of drug-likeness (QED) is 0.590. The molecule has 0 saturated carbocycles. The second-order valence-electron chi connectivity index (χ2n) is 6.90. The number of allylic oxidation sites excluding steroid dienone is 2. The van der Waals surface area contributed by atoms with Gasteiger partial charge in [-0.2, -0.15) is 0 Å². The summed E-state index contributed by atoms with van der Waals surface area (Å²) in [6.45, 7) is 0.877. The van der Waals surface area contributed by atoms with Gasteiger partial charge in [0.05, 0.1) is 18.4 Å². The van der Waals surface area contributed by atoms with Crippen molar-refractivity contribution in [2.45, 2.75) is 19.4 Å². The van der Waals surface area contributed by atoms with E-state index >= 15 is 0 Å². The SMILES string of the molecule is O=C(CN1C(=O)C2CC=CCC2C1=O)N1CCSC1=NCc1ccccc1. The lowest BCUT2D eigenvalue weighted by atomic mass is 9.85. The maximum Gasteiger partial charge on any atom is 0.248 e. The molecule has 3 aliphatic rings. The normalized spacial score (nSPS) is 26.1. The molecule has 3 amide bonds. The van der Waals surface area contributed by atoms with Crippen molar-refractivity contribution in [2.75, 3.05) is 18.8 Å². The molecule has 1 aromatic carbocycles. The predicted octanol–water partition coefficient (Wildman–Crippen LogP) is 2.07. The molecule has 2 heterocycles. The average molecular weight is 383 g/mol. The fraction of sp³-hybridized carbons (Fsp3) is 0.400. The van der Waals surface area contributed by atoms with Crippen molar-refractivity contribution < 1.29 is 14.4 Å². The molecular weight excluding hydrogens is 362 g/mol. The fourth-order valence-corrected chi connectivity index (χ4v) is 4.71. The molecule has 2 fully saturated rings. The van der Waals surface area contributed by atoms with E-state index in [0.717, 1.165) is 16.2 Å². The Bertz CT molecular complexity index is 795. The zero-order chi connectivity index (χ0) is 18.8. The number of imide groups is 1. The number of aliphatic imine (C=N–C) groups is 1. The Morgan fingerprint density at radius 1 is 1.07 bits per heavy atom. The first-order valence-electron chi connectivity index (χ1n) is 9.17. The molecule has 4 rings (SSSR count). The monoisotopic (exact) mass is 383 g/mol. The number of likely N-dealkylation sites (tertiary alicyclic amines) is 1. The first-order chi connectivity index (χ1) is 13.1. The van der Waals surface area contributed by atoms with Gasteiger partial charge in [-0.15, -0.1) is 0 Å². The predicted molar refractivity (Wildman–Crippen MR) is 104 cm³/mol. The number of carbonyl (C=O) groups is 3. The van der Waals surface area contributed by atoms with Crippen LogP contribution in [0, 0.1) is 11.8 Å². The number of hydrogen-bond acceptors (Lipinski definition) is 5. The number of hydrogen-bond donors (Lipinski definition) is 0. The Balaban J connectivity index is 1.43. The average Bonchev–Trinajstić information content (AvgIpc) is 3.27. The van der Waals surface area contributed by atoms with Crippen molar-refractivity contribution in [2.24, 2.45) is 16.8 Å². The number of thioether (sulfide) groups is 1. The molecule has 0 bridgehead atoms. The number of rotatable bonds is 4. The molecule has 27 heavy (non-hydrogen) atoms. The highest BCUT2D eigenvalue weighted by atomic mass is 32.2. The van der Waals surface area contributed by atoms with Gasteiger partial charge in [0.2, 0.25) is 17.7 Å². The molecule has 0 aromatic heterocycles. The summed E-state index contributed by atoms with van der Waals surface area (Å²) in [6.07, 6.45) is 5.07. The number of fused-ring (bicyclic) bond motifs is 1. The number of benzene rings is 1. The summed E-state index contributed by atoms with van der Waals surface area (Å²) >= 11 is 1.53. The molecule has 0 N–H and O–H groups in total. The Labute approximate surface area is 162 Å². The Kier molecular flexibility index (Phi) is 5.11. The summed E-state index contributed by atoms with van der Waals surface area (Å²) in [5.41, 5.74) is 1.08. The number of carbonyl (C=O) groups excluding carboxylic acids is 3. The van der Waals surface area contributed by atoms with Crippen LogP contribution in [0.5, 0.6) is 0 Å². The van der Waals surface area contributed by atoms with E-state index in [0.29, 0.717) is 31.1 Å². The summed E-state index contributed by atoms with van der Waals surface area (Å²) in [4.78, 5) is 45.2. The molecule has 2 aliphatic heterocycles. The Hall–Kier alpha value is -2.41. The maximum absolute atomic E-state index is 12.8. The first kappa shape index (κ1) is 18.0. The summed E-state index contributed by atoms with van der Waals surface area (Å²) < 4.78 is 0. The summed E-state index contributed by atoms with van der Waals surface area (Å²) in [5, 5.41) is 0.669. The van der Waals surface area contributed by atoms with Gasteiger partial charge < -0.3 is 0 Å². The van der Waals surface area contributed by atoms with E-state index in [-0.39, 0.29) is 36.1 Å². The van der Waals surface area contributed by atoms with Crippen LogP contribution in [0.2, 0.25) is 0 Å². The van der Waals surface area contributed by atoms with Crippen molar-refractivity contribution in [1.82, 2.24) is 9.80 Å². The number of amides is 3. The summed E-state index contributed by atoms with van der Waals surface area (Å²) in [6, 6.07) is 9.85. The van der Waals surface area contributed by atoms with Gasteiger partial charge in [0.15, 0.2) is 5.17 Å². The van der Waals surface area contributed by atoms with Crippen LogP contribution in [0.15, 0.2) is 47.5 Å². The van der Waals surface area contributed by atoms with E-state index in [9.17, 15) is 14.4 Å². The minimum Gasteiger partial charge on any atom is -0.289 e. The summed E-state index contributed by atoms with van der Waals surface area (Å²) in [7, 11) is 0. The van der Waals surface area contributed by atoms with Crippen molar-refractivity contribution in [3.05, 3.63) is 48.0 Å². The summed E-state index contributed by atoms with van der Waals surface area (Å²) in [5.74, 6) is -0.477. The van der Waals surface area contributed by atoms with Crippen molar-refractivity contribution >= 4 is 34.7 Å². The van der Waals surface area contributed by atoms with Crippen molar-refractivity contribution in [3.8, 4) is 0 Å². The van der Waals surface area contributed by atoms with Gasteiger partial charge in [0.1, 0.15) is 6.54 Å². The third kappa shape index (κ3) is 3.56. The second kappa shape index (κ2) is 7.68. The maximum atomic E-state index is 12.8. The Morgan fingerprint density at radius 2 is 1.74 bits per heavy atom. The zero-order valence-corrected chi connectivity index (χ0v) is 15.7. The van der Waals surface area contributed by atoms with Crippen LogP contribution in [-0.4, -0.2) is 51.5 Å². The molecule has 140 valence electrons. The number of nitrogens with zero attached hydrogens (tertiary/aromatic N) is 3. The Morgan fingerprint density at radius 3 is 2.41 bits per heavy atom. The van der Waals surface area contributed by atoms with E-state index in [1.807, 2.05) is 42.5 Å². The van der Waals surface area contributed by atoms with Gasteiger partial charge in [-0.1, -0.05) is 54.2 Å². The molecule has 2 saturated heterocycles. The van der Waals surface area contributed by atoms with Crippen LogP contribution in [0.4, 0.5) is 0 Å². The number of amidine groups is 1. The molecule has 2 atom stereocenters. The molecule has 1 aliphatic carbocycles. The lowest BCUT2D eigenvalue weighted by Gasteiger charge is -2.20. The van der Waals surface area contributed by atoms with Gasteiger partial charge >= 0.3 is 0 Å². The van der Waals surface area contributed by atoms with Crippen LogP contribution < -0.4 is 0 Å². The molecule has 7 heteroatoms. The van der Waals surface area contributed by atoms with Crippen molar-refractivity contribution in [3.63, 3.8) is 0 Å². The van der Waals surface area contributed by atoms with E-state index in [2.05, 4.69) is 4.99 Å². The van der Waals surface area contributed by atoms with E-state index in [4.69, 9.17) is 0 Å². The molecule has 1 aromatic rings. The van der Waals surface area contributed by atoms with Crippen LogP contribution in [0.1, 0.15) is 18.4 Å². The lowest BCUT2D eigenvalue weighted by molar-refractivity contribution is -0.145. The van der Waals surface area contributed by atoms with Gasteiger partial charge in [-0.05, 0) is 18.4 Å². The van der Waals surface area contributed by atoms with Crippen LogP contribution in [0.3, 0.4) is 0 Å². The van der Waals surface area contributed by atoms with Crippen LogP contribution in [-0.2, 0) is 20.9 Å². The molecule has 0 radical (unpaired) electrons. The van der Waals surface area contributed by atoms with Crippen LogP contribution >= 0.6 is 11.8 Å². The molecule has 0 spiro atoms. The lowest BCUT2D eigenvalue weighted by Crippen LogP contribution is -2.43. The highest BCUT2D eigenvalue weighted by Crippen LogP contribution is 2.35. The first-order valence-corrected chi connectivity index (χ1v) is 10.2. The van der Waals surface area contributed by atoms with Gasteiger partial charge in [0, 0.05) is 12.3 Å². The minimum atomic E-state index is -0.297. The van der Waals surface area contributed by atoms with Crippen LogP contribution in [0.25, 0.3) is 0 Å². The highest BCUT2D eigenvalue weighted by Gasteiger charge is 2.48. The smallest absolute Gasteiger partial charge is 0.248 e. The van der Waals surface area contributed by atoms with E-state index < -0.39 is 0 Å². The molecule has 2 unspecified atom stereocenters.